The Bertz CT molecular complexity index is 962. The smallest absolute Gasteiger partial charge is 0.252 e. The Kier molecular flexibility index (Phi) is 6.17. The van der Waals surface area contributed by atoms with E-state index in [0.717, 1.165) is 42.2 Å². The summed E-state index contributed by atoms with van der Waals surface area (Å²) >= 11 is 1.19. The zero-order valence-electron chi connectivity index (χ0n) is 16.3. The number of hydrogen-bond acceptors (Lipinski definition) is 6. The third-order valence-electron chi connectivity index (χ3n) is 5.36. The highest BCUT2D eigenvalue weighted by Gasteiger charge is 2.28. The molecule has 0 atom stereocenters. The van der Waals surface area contributed by atoms with Gasteiger partial charge in [-0.1, -0.05) is 0 Å². The van der Waals surface area contributed by atoms with E-state index in [1.165, 1.54) is 28.5 Å². The molecule has 4 rings (SSSR count). The van der Waals surface area contributed by atoms with Crippen molar-refractivity contribution in [3.8, 4) is 0 Å². The van der Waals surface area contributed by atoms with Crippen LogP contribution in [0.25, 0.3) is 0 Å². The Hall–Kier alpha value is -1.97. The first kappa shape index (κ1) is 20.3. The Balaban J connectivity index is 1.32. The van der Waals surface area contributed by atoms with Gasteiger partial charge in [0.15, 0.2) is 0 Å². The van der Waals surface area contributed by atoms with E-state index < -0.39 is 10.0 Å². The maximum Gasteiger partial charge on any atom is 0.252 e. The van der Waals surface area contributed by atoms with Crippen molar-refractivity contribution in [2.75, 3.05) is 31.1 Å². The van der Waals surface area contributed by atoms with Gasteiger partial charge in [-0.15, -0.1) is 11.3 Å². The molecule has 4 heterocycles. The highest BCUT2D eigenvalue weighted by molar-refractivity contribution is 7.91. The topological polar surface area (TPSA) is 82.6 Å². The molecule has 1 N–H and O–H groups in total. The molecule has 156 valence electrons. The summed E-state index contributed by atoms with van der Waals surface area (Å²) in [5.41, 5.74) is 1.01. The van der Waals surface area contributed by atoms with Crippen LogP contribution in [0.4, 0.5) is 5.82 Å². The van der Waals surface area contributed by atoms with Crippen LogP contribution >= 0.6 is 11.3 Å². The minimum Gasteiger partial charge on any atom is -0.357 e. The summed E-state index contributed by atoms with van der Waals surface area (Å²) < 4.78 is 27.1. The third kappa shape index (κ3) is 4.79. The van der Waals surface area contributed by atoms with Crippen molar-refractivity contribution in [2.45, 2.75) is 42.9 Å². The van der Waals surface area contributed by atoms with Gasteiger partial charge in [0.2, 0.25) is 5.91 Å². The predicted octanol–water partition coefficient (Wildman–Crippen LogP) is 2.39. The van der Waals surface area contributed by atoms with E-state index in [0.29, 0.717) is 23.8 Å². The minimum atomic E-state index is -3.41. The summed E-state index contributed by atoms with van der Waals surface area (Å²) in [4.78, 5) is 19.8. The molecule has 2 aliphatic rings. The van der Waals surface area contributed by atoms with E-state index in [1.807, 2.05) is 12.1 Å². The highest BCUT2D eigenvalue weighted by atomic mass is 32.2. The van der Waals surface area contributed by atoms with Gasteiger partial charge in [-0.2, -0.15) is 4.31 Å². The molecule has 7 nitrogen and oxygen atoms in total. The minimum absolute atomic E-state index is 0.114. The van der Waals surface area contributed by atoms with Crippen LogP contribution in [0.2, 0.25) is 0 Å². The van der Waals surface area contributed by atoms with Crippen LogP contribution in [-0.4, -0.2) is 49.8 Å². The summed E-state index contributed by atoms with van der Waals surface area (Å²) in [6.45, 7) is 3.67. The van der Waals surface area contributed by atoms with Gasteiger partial charge in [-0.25, -0.2) is 13.4 Å². The lowest BCUT2D eigenvalue weighted by atomic mass is 10.2. The molecule has 2 aromatic rings. The maximum atomic E-state index is 12.6. The largest absolute Gasteiger partial charge is 0.357 e. The molecule has 0 aromatic carbocycles. The van der Waals surface area contributed by atoms with Gasteiger partial charge in [0, 0.05) is 43.8 Å². The van der Waals surface area contributed by atoms with Crippen molar-refractivity contribution >= 4 is 33.1 Å². The lowest BCUT2D eigenvalue weighted by Crippen LogP contribution is -2.27. The van der Waals surface area contributed by atoms with E-state index in [1.54, 1.807) is 18.3 Å². The fraction of sp³-hybridized carbons (Fsp3) is 0.500. The average Bonchev–Trinajstić information content (AvgIpc) is 3.49. The molecule has 1 amide bonds. The monoisotopic (exact) mass is 434 g/mol. The van der Waals surface area contributed by atoms with Crippen molar-refractivity contribution in [1.29, 1.82) is 0 Å². The van der Waals surface area contributed by atoms with E-state index in [4.69, 9.17) is 0 Å². The molecular weight excluding hydrogens is 408 g/mol. The Morgan fingerprint density at radius 3 is 2.55 bits per heavy atom. The number of thiophene rings is 1. The Morgan fingerprint density at radius 2 is 1.79 bits per heavy atom. The quantitative estimate of drug-likeness (QED) is 0.724. The van der Waals surface area contributed by atoms with Gasteiger partial charge < -0.3 is 10.2 Å². The summed E-state index contributed by atoms with van der Waals surface area (Å²) in [5.74, 6) is 0.848. The molecule has 0 spiro atoms. The second-order valence-corrected chi connectivity index (χ2v) is 10.8. The number of pyridine rings is 1. The van der Waals surface area contributed by atoms with E-state index in [9.17, 15) is 13.2 Å². The van der Waals surface area contributed by atoms with Crippen molar-refractivity contribution in [2.24, 2.45) is 0 Å². The zero-order chi connectivity index (χ0) is 20.3. The van der Waals surface area contributed by atoms with Gasteiger partial charge in [0.25, 0.3) is 10.0 Å². The summed E-state index contributed by atoms with van der Waals surface area (Å²) in [5, 5.41) is 2.93. The summed E-state index contributed by atoms with van der Waals surface area (Å²) in [7, 11) is -3.41. The molecule has 0 saturated carbocycles. The number of nitrogens with zero attached hydrogens (tertiary/aromatic N) is 3. The maximum absolute atomic E-state index is 12.6. The molecular formula is C20H26N4O3S2. The standard InChI is InChI=1S/C20H26N4O3S2/c25-19(22-15-16-7-8-21-18(13-16)23-9-1-2-10-23)14-17-5-6-20(28-17)29(26,27)24-11-3-4-12-24/h5-8,13H,1-4,9-12,14-15H2,(H,22,25). The fourth-order valence-corrected chi connectivity index (χ4v) is 6.78. The Labute approximate surface area is 175 Å². The number of carbonyl (C=O) groups is 1. The van der Waals surface area contributed by atoms with Crippen LogP contribution in [-0.2, 0) is 27.8 Å². The van der Waals surface area contributed by atoms with Crippen molar-refractivity contribution < 1.29 is 13.2 Å². The molecule has 29 heavy (non-hydrogen) atoms. The van der Waals surface area contributed by atoms with Gasteiger partial charge >= 0.3 is 0 Å². The van der Waals surface area contributed by atoms with E-state index in [2.05, 4.69) is 15.2 Å². The molecule has 2 aliphatic heterocycles. The molecule has 0 radical (unpaired) electrons. The van der Waals surface area contributed by atoms with Crippen molar-refractivity contribution in [1.82, 2.24) is 14.6 Å². The molecule has 2 fully saturated rings. The Morgan fingerprint density at radius 1 is 1.07 bits per heavy atom. The number of anilines is 1. The van der Waals surface area contributed by atoms with Crippen molar-refractivity contribution in [3.05, 3.63) is 40.9 Å². The summed E-state index contributed by atoms with van der Waals surface area (Å²) in [6, 6.07) is 7.29. The molecule has 2 saturated heterocycles. The molecule has 0 aliphatic carbocycles. The number of rotatable bonds is 7. The number of hydrogen-bond donors (Lipinski definition) is 1. The van der Waals surface area contributed by atoms with Crippen LogP contribution in [0.5, 0.6) is 0 Å². The molecule has 2 aromatic heterocycles. The van der Waals surface area contributed by atoms with Crippen LogP contribution in [0.15, 0.2) is 34.7 Å². The average molecular weight is 435 g/mol. The van der Waals surface area contributed by atoms with Gasteiger partial charge in [0.1, 0.15) is 10.0 Å². The van der Waals surface area contributed by atoms with Crippen LogP contribution in [0.3, 0.4) is 0 Å². The number of carbonyl (C=O) groups excluding carboxylic acids is 1. The molecule has 0 bridgehead atoms. The molecule has 0 unspecified atom stereocenters. The normalized spacial score (nSPS) is 17.7. The molecule has 9 heteroatoms. The predicted molar refractivity (Wildman–Crippen MR) is 114 cm³/mol. The lowest BCUT2D eigenvalue weighted by molar-refractivity contribution is -0.120. The highest BCUT2D eigenvalue weighted by Crippen LogP contribution is 2.27. The lowest BCUT2D eigenvalue weighted by Gasteiger charge is -2.17. The first-order valence-corrected chi connectivity index (χ1v) is 12.3. The van der Waals surface area contributed by atoms with Crippen molar-refractivity contribution in [3.63, 3.8) is 0 Å². The number of sulfonamides is 1. The second kappa shape index (κ2) is 8.81. The second-order valence-electron chi connectivity index (χ2n) is 7.50. The van der Waals surface area contributed by atoms with Gasteiger partial charge in [-0.3, -0.25) is 4.79 Å². The first-order chi connectivity index (χ1) is 14.0. The van der Waals surface area contributed by atoms with Crippen LogP contribution in [0, 0.1) is 0 Å². The van der Waals surface area contributed by atoms with Gasteiger partial charge in [0.05, 0.1) is 6.42 Å². The van der Waals surface area contributed by atoms with Crippen LogP contribution in [0.1, 0.15) is 36.1 Å². The summed E-state index contributed by atoms with van der Waals surface area (Å²) in [6.07, 6.45) is 6.18. The van der Waals surface area contributed by atoms with E-state index in [-0.39, 0.29) is 12.3 Å². The third-order valence-corrected chi connectivity index (χ3v) is 8.81. The SMILES string of the molecule is O=C(Cc1ccc(S(=O)(=O)N2CCCC2)s1)NCc1ccnc(N2CCCC2)c1. The zero-order valence-corrected chi connectivity index (χ0v) is 18.0. The van der Waals surface area contributed by atoms with E-state index >= 15 is 0 Å². The van der Waals surface area contributed by atoms with Crippen LogP contribution < -0.4 is 10.2 Å². The fourth-order valence-electron chi connectivity index (χ4n) is 3.76. The number of amides is 1. The van der Waals surface area contributed by atoms with Gasteiger partial charge in [-0.05, 0) is 55.5 Å². The first-order valence-electron chi connectivity index (χ1n) is 10.1. The number of aromatic nitrogens is 1. The number of nitrogens with one attached hydrogen (secondary N) is 1.